The maximum atomic E-state index is 13.1. The van der Waals surface area contributed by atoms with Crippen molar-refractivity contribution in [2.24, 2.45) is 11.0 Å². The summed E-state index contributed by atoms with van der Waals surface area (Å²) < 4.78 is 11.3. The van der Waals surface area contributed by atoms with Crippen LogP contribution in [0.5, 0.6) is 0 Å². The first-order chi connectivity index (χ1) is 25.0. The van der Waals surface area contributed by atoms with Gasteiger partial charge in [0.15, 0.2) is 5.78 Å². The van der Waals surface area contributed by atoms with Crippen LogP contribution in [0.1, 0.15) is 48.9 Å². The number of Topliss-reactive ketones (excluding diaryl/α,β-unsaturated/α-hetero) is 1. The fourth-order valence-corrected chi connectivity index (χ4v) is 8.98. The zero-order chi connectivity index (χ0) is 35.4. The van der Waals surface area contributed by atoms with Gasteiger partial charge in [0.05, 0.1) is 43.9 Å². The van der Waals surface area contributed by atoms with E-state index in [-0.39, 0.29) is 35.7 Å². The fourth-order valence-electron chi connectivity index (χ4n) is 6.68. The van der Waals surface area contributed by atoms with Crippen LogP contribution >= 0.6 is 23.1 Å². The summed E-state index contributed by atoms with van der Waals surface area (Å²) in [5.74, 6) is 2.44. The van der Waals surface area contributed by atoms with Gasteiger partial charge in [0.25, 0.3) is 0 Å². The molecule has 272 valence electrons. The molecule has 3 amide bonds. The van der Waals surface area contributed by atoms with Crippen LogP contribution in [-0.4, -0.2) is 103 Å². The van der Waals surface area contributed by atoms with E-state index in [0.717, 1.165) is 53.9 Å². The first-order valence-electron chi connectivity index (χ1n) is 17.5. The third kappa shape index (κ3) is 10.0. The van der Waals surface area contributed by atoms with Gasteiger partial charge in [-0.3, -0.25) is 9.59 Å². The number of hydrogen-bond acceptors (Lipinski definition) is 12. The first-order valence-corrected chi connectivity index (χ1v) is 19.5. The third-order valence-corrected chi connectivity index (χ3v) is 11.6. The van der Waals surface area contributed by atoms with Gasteiger partial charge in [0, 0.05) is 65.7 Å². The van der Waals surface area contributed by atoms with E-state index in [1.165, 1.54) is 0 Å². The number of unbranched alkanes of at least 4 members (excludes halogenated alkanes) is 1. The van der Waals surface area contributed by atoms with E-state index in [2.05, 4.69) is 41.2 Å². The summed E-state index contributed by atoms with van der Waals surface area (Å²) in [4.78, 5) is 52.2. The van der Waals surface area contributed by atoms with Gasteiger partial charge in [0.1, 0.15) is 10.6 Å². The summed E-state index contributed by atoms with van der Waals surface area (Å²) in [6, 6.07) is 9.21. The van der Waals surface area contributed by atoms with E-state index in [1.54, 1.807) is 35.6 Å². The Balaban J connectivity index is 0.821. The highest BCUT2D eigenvalue weighted by molar-refractivity contribution is 8.00. The Bertz CT molecular complexity index is 1690. The zero-order valence-electron chi connectivity index (χ0n) is 28.4. The van der Waals surface area contributed by atoms with E-state index in [0.29, 0.717) is 81.5 Å². The normalized spacial score (nSPS) is 20.0. The number of fused-ring (bicyclic) bond motifs is 2. The summed E-state index contributed by atoms with van der Waals surface area (Å²) in [5, 5.41) is 19.2. The molecule has 3 aliphatic rings. The molecule has 15 nitrogen and oxygen atoms in total. The fraction of sp³-hybridized carbons (Fsp3) is 0.559. The number of rotatable bonds is 19. The Morgan fingerprint density at radius 1 is 1.02 bits per heavy atom. The molecule has 2 aromatic heterocycles. The highest BCUT2D eigenvalue weighted by Crippen LogP contribution is 2.34. The van der Waals surface area contributed by atoms with Crippen molar-refractivity contribution >= 4 is 68.5 Å². The topological polar surface area (TPSA) is 196 Å². The number of benzene rings is 1. The van der Waals surface area contributed by atoms with Crippen molar-refractivity contribution in [2.45, 2.75) is 55.9 Å². The Morgan fingerprint density at radius 2 is 1.80 bits per heavy atom. The molecule has 17 heteroatoms. The van der Waals surface area contributed by atoms with Gasteiger partial charge in [-0.05, 0) is 42.7 Å². The first kappa shape index (κ1) is 36.6. The van der Waals surface area contributed by atoms with Gasteiger partial charge >= 0.3 is 6.03 Å². The van der Waals surface area contributed by atoms with Crippen LogP contribution in [0.2, 0.25) is 0 Å². The van der Waals surface area contributed by atoms with Crippen molar-refractivity contribution in [2.75, 3.05) is 68.6 Å². The largest absolute Gasteiger partial charge is 0.377 e. The molecule has 6 rings (SSSR count). The number of anilines is 2. The molecular formula is C34H44N10O5S2. The summed E-state index contributed by atoms with van der Waals surface area (Å²) in [6.45, 7) is 4.18. The van der Waals surface area contributed by atoms with Crippen LogP contribution in [0.25, 0.3) is 20.7 Å². The zero-order valence-corrected chi connectivity index (χ0v) is 30.1. The van der Waals surface area contributed by atoms with Gasteiger partial charge in [-0.1, -0.05) is 35.8 Å². The van der Waals surface area contributed by atoms with Crippen molar-refractivity contribution in [3.63, 3.8) is 0 Å². The van der Waals surface area contributed by atoms with Gasteiger partial charge in [-0.15, -0.1) is 11.3 Å². The predicted octanol–water partition coefficient (Wildman–Crippen LogP) is 5.02. The molecule has 0 saturated carbocycles. The van der Waals surface area contributed by atoms with Gasteiger partial charge in [-0.25, -0.2) is 9.78 Å². The van der Waals surface area contributed by atoms with E-state index in [9.17, 15) is 14.4 Å². The summed E-state index contributed by atoms with van der Waals surface area (Å²) in [5.41, 5.74) is 9.73. The summed E-state index contributed by atoms with van der Waals surface area (Å²) in [6.07, 6.45) is 4.74. The quantitative estimate of drug-likeness (QED) is 0.0324. The van der Waals surface area contributed by atoms with Crippen molar-refractivity contribution in [1.82, 2.24) is 25.9 Å². The molecule has 3 aromatic rings. The molecule has 3 aliphatic heterocycles. The minimum atomic E-state index is -0.0725. The molecule has 5 heterocycles. The van der Waals surface area contributed by atoms with Gasteiger partial charge in [-0.2, -0.15) is 16.7 Å². The smallest absolute Gasteiger partial charge is 0.315 e. The number of ether oxygens (including phenoxy) is 2. The van der Waals surface area contributed by atoms with E-state index >= 15 is 0 Å². The number of amides is 3. The van der Waals surface area contributed by atoms with Gasteiger partial charge < -0.3 is 35.6 Å². The number of thioether (sulfide) groups is 1. The number of carbonyl (C=O) groups is 3. The lowest BCUT2D eigenvalue weighted by Crippen LogP contribution is -2.37. The van der Waals surface area contributed by atoms with Crippen molar-refractivity contribution in [3.05, 3.63) is 51.7 Å². The van der Waals surface area contributed by atoms with Crippen LogP contribution < -0.4 is 26.2 Å². The molecule has 3 atom stereocenters. The molecule has 0 spiro atoms. The molecule has 0 bridgehead atoms. The second-order valence-electron chi connectivity index (χ2n) is 12.7. The number of urea groups is 1. The number of piperidine rings is 1. The monoisotopic (exact) mass is 736 g/mol. The lowest BCUT2D eigenvalue weighted by Gasteiger charge is -2.32. The number of carbonyl (C=O) groups excluding carboxylic acids is 3. The molecule has 0 radical (unpaired) electrons. The molecule has 3 saturated heterocycles. The van der Waals surface area contributed by atoms with Crippen LogP contribution in [0.4, 0.5) is 22.2 Å². The Hall–Kier alpha value is -4.15. The number of nitrogens with zero attached hydrogens (tertiary/aromatic N) is 6. The third-order valence-electron chi connectivity index (χ3n) is 9.33. The summed E-state index contributed by atoms with van der Waals surface area (Å²) >= 11 is 3.47. The van der Waals surface area contributed by atoms with E-state index in [4.69, 9.17) is 20.0 Å². The molecule has 3 fully saturated rings. The van der Waals surface area contributed by atoms with Crippen molar-refractivity contribution in [3.8, 4) is 0 Å². The number of azide groups is 1. The van der Waals surface area contributed by atoms with Gasteiger partial charge in [0.2, 0.25) is 11.9 Å². The summed E-state index contributed by atoms with van der Waals surface area (Å²) in [7, 11) is 0. The minimum absolute atomic E-state index is 0.0337. The second kappa shape index (κ2) is 18.4. The van der Waals surface area contributed by atoms with Crippen molar-refractivity contribution in [1.29, 1.82) is 0 Å². The van der Waals surface area contributed by atoms with E-state index in [1.807, 2.05) is 23.2 Å². The van der Waals surface area contributed by atoms with Crippen LogP contribution in [0.15, 0.2) is 40.8 Å². The predicted molar refractivity (Wildman–Crippen MR) is 199 cm³/mol. The van der Waals surface area contributed by atoms with Crippen LogP contribution in [0, 0.1) is 5.92 Å². The second-order valence-corrected chi connectivity index (χ2v) is 14.9. The van der Waals surface area contributed by atoms with Crippen LogP contribution in [-0.2, 0) is 14.3 Å². The molecule has 1 aromatic carbocycles. The number of aromatic nitrogens is 2. The SMILES string of the molecule is [N-]=[N+]=Nc1ccc(C(=O)C2CCN(c3nc(NCCOCCOCCNC(=O)CCCCC4SC[C@@H]5NC(=O)N[C@H]45)nc4sccc34)CC2)cc1. The Morgan fingerprint density at radius 3 is 2.59 bits per heavy atom. The number of hydrogen-bond donors (Lipinski definition) is 4. The molecule has 1 unspecified atom stereocenters. The Kier molecular flexibility index (Phi) is 13.2. The average Bonchev–Trinajstić information content (AvgIpc) is 3.87. The molecule has 51 heavy (non-hydrogen) atoms. The number of ketones is 1. The standard InChI is InChI=1S/C34H44N10O5S2/c35-43-42-24-7-5-22(6-8-24)30(46)23-9-14-44(15-10-23)31-25-11-20-50-32(25)41-33(40-31)37-13-17-49-19-18-48-16-12-36-28(45)4-2-1-3-27-29-26(21-51-27)38-34(47)39-29/h5-8,11,20,23,26-27,29H,1-4,9-10,12-19,21H2,(H,36,45)(H,37,40,41)(H2,38,39,47)/t26-,27?,29-/m0/s1. The van der Waals surface area contributed by atoms with Crippen LogP contribution in [0.3, 0.4) is 0 Å². The maximum absolute atomic E-state index is 13.1. The highest BCUT2D eigenvalue weighted by Gasteiger charge is 2.42. The average molecular weight is 737 g/mol. The lowest BCUT2D eigenvalue weighted by atomic mass is 9.89. The maximum Gasteiger partial charge on any atom is 0.315 e. The lowest BCUT2D eigenvalue weighted by molar-refractivity contribution is -0.121. The number of thiophene rings is 1. The molecule has 4 N–H and O–H groups in total. The van der Waals surface area contributed by atoms with Crippen molar-refractivity contribution < 1.29 is 23.9 Å². The molecular weight excluding hydrogens is 693 g/mol. The minimum Gasteiger partial charge on any atom is -0.377 e. The highest BCUT2D eigenvalue weighted by atomic mass is 32.2. The Labute approximate surface area is 304 Å². The van der Waals surface area contributed by atoms with E-state index < -0.39 is 0 Å². The number of nitrogens with one attached hydrogen (secondary N) is 4. The molecule has 0 aliphatic carbocycles.